The molecule has 0 bridgehead atoms. The number of fused-ring (bicyclic) bond motifs is 1. The van der Waals surface area contributed by atoms with Crippen molar-refractivity contribution < 1.29 is 19.1 Å². The van der Waals surface area contributed by atoms with E-state index < -0.39 is 5.54 Å². The molecule has 0 atom stereocenters. The normalized spacial score (nSPS) is 11.5. The highest BCUT2D eigenvalue weighted by atomic mass is 16.5. The van der Waals surface area contributed by atoms with E-state index in [1.54, 1.807) is 31.5 Å². The maximum absolute atomic E-state index is 12.2. The lowest BCUT2D eigenvalue weighted by atomic mass is 10.1. The molecule has 1 heterocycles. The number of rotatable bonds is 6. The molecule has 0 aliphatic heterocycles. The second-order valence-corrected chi connectivity index (χ2v) is 5.46. The molecule has 0 aliphatic rings. The van der Waals surface area contributed by atoms with E-state index in [9.17, 15) is 9.59 Å². The molecule has 0 N–H and O–H groups in total. The topological polar surface area (TPSA) is 57.5 Å². The second-order valence-electron chi connectivity index (χ2n) is 5.46. The number of nitrogens with zero attached hydrogens (tertiary/aromatic N) is 1. The molecule has 0 fully saturated rings. The number of hydrogen-bond donors (Lipinski definition) is 0. The third-order valence-corrected chi connectivity index (χ3v) is 3.62. The van der Waals surface area contributed by atoms with Crippen molar-refractivity contribution in [1.29, 1.82) is 0 Å². The number of esters is 1. The first-order valence-electron chi connectivity index (χ1n) is 7.36. The Kier molecular flexibility index (Phi) is 4.54. The zero-order valence-corrected chi connectivity index (χ0v) is 13.4. The zero-order chi connectivity index (χ0) is 16.3. The van der Waals surface area contributed by atoms with Crippen molar-refractivity contribution in [3.05, 3.63) is 30.0 Å². The molecule has 0 aliphatic carbocycles. The Bertz CT molecular complexity index is 700. The first-order chi connectivity index (χ1) is 10.5. The molecule has 0 unspecified atom stereocenters. The quantitative estimate of drug-likeness (QED) is 0.607. The summed E-state index contributed by atoms with van der Waals surface area (Å²) in [6.45, 7) is 8.09. The summed E-state index contributed by atoms with van der Waals surface area (Å²) in [7, 11) is 0. The minimum absolute atomic E-state index is 0.316. The summed E-state index contributed by atoms with van der Waals surface area (Å²) in [6, 6.07) is 5.51. The number of hydrogen-bond acceptors (Lipinski definition) is 4. The molecule has 0 saturated carbocycles. The first-order valence-corrected chi connectivity index (χ1v) is 7.36. The van der Waals surface area contributed by atoms with E-state index in [0.29, 0.717) is 24.5 Å². The smallest absolute Gasteiger partial charge is 0.331 e. The van der Waals surface area contributed by atoms with E-state index in [4.69, 9.17) is 9.47 Å². The fraction of sp³-hybridized carbons (Fsp3) is 0.412. The van der Waals surface area contributed by atoms with Gasteiger partial charge in [0.2, 0.25) is 0 Å². The van der Waals surface area contributed by atoms with Gasteiger partial charge >= 0.3 is 5.97 Å². The number of benzene rings is 1. The van der Waals surface area contributed by atoms with Crippen molar-refractivity contribution in [2.45, 2.75) is 33.2 Å². The van der Waals surface area contributed by atoms with Crippen LogP contribution in [0.5, 0.6) is 5.75 Å². The van der Waals surface area contributed by atoms with Crippen LogP contribution in [-0.2, 0) is 15.1 Å². The lowest BCUT2D eigenvalue weighted by Gasteiger charge is -2.25. The van der Waals surface area contributed by atoms with Crippen molar-refractivity contribution in [3.63, 3.8) is 0 Å². The van der Waals surface area contributed by atoms with Gasteiger partial charge in [0.15, 0.2) is 6.29 Å². The molecule has 118 valence electrons. The number of aromatic nitrogens is 1. The van der Waals surface area contributed by atoms with E-state index in [2.05, 4.69) is 0 Å². The van der Waals surface area contributed by atoms with Gasteiger partial charge in [-0.1, -0.05) is 0 Å². The Hall–Kier alpha value is -2.30. The highest BCUT2D eigenvalue weighted by Crippen LogP contribution is 2.30. The lowest BCUT2D eigenvalue weighted by Crippen LogP contribution is -2.37. The second kappa shape index (κ2) is 6.22. The summed E-state index contributed by atoms with van der Waals surface area (Å²) in [4.78, 5) is 23.6. The van der Waals surface area contributed by atoms with Crippen LogP contribution >= 0.6 is 0 Å². The first kappa shape index (κ1) is 16.1. The number of ether oxygens (including phenoxy) is 2. The van der Waals surface area contributed by atoms with Crippen molar-refractivity contribution in [1.82, 2.24) is 4.57 Å². The van der Waals surface area contributed by atoms with Gasteiger partial charge in [0.05, 0.1) is 18.7 Å². The van der Waals surface area contributed by atoms with Crippen molar-refractivity contribution in [2.75, 3.05) is 13.2 Å². The van der Waals surface area contributed by atoms with Crippen LogP contribution in [0.4, 0.5) is 0 Å². The Labute approximate surface area is 129 Å². The number of aldehydes is 1. The van der Waals surface area contributed by atoms with Gasteiger partial charge in [0.25, 0.3) is 0 Å². The van der Waals surface area contributed by atoms with Gasteiger partial charge in [0.1, 0.15) is 11.3 Å². The molecule has 0 spiro atoms. The van der Waals surface area contributed by atoms with Gasteiger partial charge in [-0.2, -0.15) is 0 Å². The maximum atomic E-state index is 12.2. The van der Waals surface area contributed by atoms with Gasteiger partial charge in [-0.25, -0.2) is 4.79 Å². The lowest BCUT2D eigenvalue weighted by molar-refractivity contribution is -0.151. The molecule has 22 heavy (non-hydrogen) atoms. The van der Waals surface area contributed by atoms with Crippen LogP contribution in [0.1, 0.15) is 38.1 Å². The molecule has 5 heteroatoms. The Morgan fingerprint density at radius 3 is 2.59 bits per heavy atom. The van der Waals surface area contributed by atoms with Crippen LogP contribution in [0.3, 0.4) is 0 Å². The minimum Gasteiger partial charge on any atom is -0.494 e. The number of carbonyl (C=O) groups excluding carboxylic acids is 2. The van der Waals surface area contributed by atoms with Gasteiger partial charge < -0.3 is 14.0 Å². The van der Waals surface area contributed by atoms with Crippen molar-refractivity contribution >= 4 is 23.2 Å². The summed E-state index contributed by atoms with van der Waals surface area (Å²) in [5.74, 6) is 0.364. The Morgan fingerprint density at radius 1 is 1.27 bits per heavy atom. The average Bonchev–Trinajstić information content (AvgIpc) is 2.86. The maximum Gasteiger partial charge on any atom is 0.331 e. The van der Waals surface area contributed by atoms with Crippen molar-refractivity contribution in [3.8, 4) is 5.75 Å². The monoisotopic (exact) mass is 303 g/mol. The molecule has 1 aromatic heterocycles. The summed E-state index contributed by atoms with van der Waals surface area (Å²) < 4.78 is 12.4. The average molecular weight is 303 g/mol. The minimum atomic E-state index is -0.900. The standard InChI is InChI=1S/C17H21NO4/c1-5-21-13-7-8-15-14(9-13)12(11-19)10-18(15)17(3,4)16(20)22-6-2/h7-11H,5-6H2,1-4H3. The van der Waals surface area contributed by atoms with Crippen LogP contribution < -0.4 is 4.74 Å². The van der Waals surface area contributed by atoms with Gasteiger partial charge in [-0.05, 0) is 45.9 Å². The Morgan fingerprint density at radius 2 is 2.00 bits per heavy atom. The molecular weight excluding hydrogens is 282 g/mol. The van der Waals surface area contributed by atoms with Crippen molar-refractivity contribution in [2.24, 2.45) is 0 Å². The molecule has 0 saturated heterocycles. The molecule has 2 rings (SSSR count). The van der Waals surface area contributed by atoms with Crippen LogP contribution in [0.2, 0.25) is 0 Å². The van der Waals surface area contributed by atoms with E-state index in [-0.39, 0.29) is 5.97 Å². The van der Waals surface area contributed by atoms with E-state index in [1.807, 2.05) is 25.1 Å². The fourth-order valence-electron chi connectivity index (χ4n) is 2.45. The van der Waals surface area contributed by atoms with Gasteiger partial charge in [0, 0.05) is 17.1 Å². The van der Waals surface area contributed by atoms with Crippen LogP contribution in [0.15, 0.2) is 24.4 Å². The Balaban J connectivity index is 2.60. The van der Waals surface area contributed by atoms with E-state index >= 15 is 0 Å². The third-order valence-electron chi connectivity index (χ3n) is 3.62. The number of carbonyl (C=O) groups is 2. The summed E-state index contributed by atoms with van der Waals surface area (Å²) in [6.07, 6.45) is 2.47. The zero-order valence-electron chi connectivity index (χ0n) is 13.4. The van der Waals surface area contributed by atoms with Gasteiger partial charge in [-0.3, -0.25) is 4.79 Å². The molecule has 1 aromatic carbocycles. The molecule has 0 radical (unpaired) electrons. The fourth-order valence-corrected chi connectivity index (χ4v) is 2.45. The van der Waals surface area contributed by atoms with Gasteiger partial charge in [-0.15, -0.1) is 0 Å². The van der Waals surface area contributed by atoms with Crippen LogP contribution in [0, 0.1) is 0 Å². The SMILES string of the molecule is CCOC(=O)C(C)(C)n1cc(C=O)c2cc(OCC)ccc21. The summed E-state index contributed by atoms with van der Waals surface area (Å²) >= 11 is 0. The molecule has 0 amide bonds. The summed E-state index contributed by atoms with van der Waals surface area (Å²) in [5, 5.41) is 0.762. The summed E-state index contributed by atoms with van der Waals surface area (Å²) in [5.41, 5.74) is 0.417. The van der Waals surface area contributed by atoms with Crippen LogP contribution in [-0.4, -0.2) is 30.0 Å². The highest BCUT2D eigenvalue weighted by molar-refractivity contribution is 5.99. The largest absolute Gasteiger partial charge is 0.494 e. The predicted octanol–water partition coefficient (Wildman–Crippen LogP) is 3.15. The van der Waals surface area contributed by atoms with E-state index in [1.165, 1.54) is 0 Å². The highest BCUT2D eigenvalue weighted by Gasteiger charge is 2.33. The molecule has 5 nitrogen and oxygen atoms in total. The predicted molar refractivity (Wildman–Crippen MR) is 84.4 cm³/mol. The van der Waals surface area contributed by atoms with Crippen LogP contribution in [0.25, 0.3) is 10.9 Å². The third kappa shape index (κ3) is 2.71. The van der Waals surface area contributed by atoms with E-state index in [0.717, 1.165) is 17.2 Å². The molecular formula is C17H21NO4. The molecule has 2 aromatic rings.